The highest BCUT2D eigenvalue weighted by atomic mass is 35.5. The fourth-order valence-corrected chi connectivity index (χ4v) is 2.61. The van der Waals surface area contributed by atoms with Crippen molar-refractivity contribution in [2.45, 2.75) is 52.7 Å². The Kier molecular flexibility index (Phi) is 3.79. The van der Waals surface area contributed by atoms with Gasteiger partial charge in [-0.25, -0.2) is 0 Å². The fourth-order valence-electron chi connectivity index (χ4n) is 2.25. The molecule has 0 saturated heterocycles. The minimum absolute atomic E-state index is 0.0156. The fraction of sp³-hybridized carbons (Fsp3) is 0.769. The molecule has 0 bridgehead atoms. The summed E-state index contributed by atoms with van der Waals surface area (Å²) in [4.78, 5) is 0. The van der Waals surface area contributed by atoms with Crippen LogP contribution in [-0.4, -0.2) is 14.9 Å². The van der Waals surface area contributed by atoms with Gasteiger partial charge in [0.2, 0.25) is 0 Å². The lowest BCUT2D eigenvalue weighted by molar-refractivity contribution is 0.280. The zero-order valence-electron chi connectivity index (χ0n) is 10.8. The van der Waals surface area contributed by atoms with Gasteiger partial charge in [-0.05, 0) is 38.0 Å². The van der Waals surface area contributed by atoms with Gasteiger partial charge in [-0.15, -0.1) is 0 Å². The maximum Gasteiger partial charge on any atom is 0.133 e. The van der Waals surface area contributed by atoms with E-state index in [-0.39, 0.29) is 6.61 Å². The standard InChI is InChI=1S/C13H21ClN2O/c1-8(2)6-12-11(7-17)13(14)16(15-12)9(3)10-4-5-10/h8-10,17H,4-7H2,1-3H3. The third-order valence-corrected chi connectivity index (χ3v) is 3.88. The van der Waals surface area contributed by atoms with E-state index in [0.29, 0.717) is 23.0 Å². The van der Waals surface area contributed by atoms with Crippen LogP contribution >= 0.6 is 11.6 Å². The number of hydrogen-bond donors (Lipinski definition) is 1. The quantitative estimate of drug-likeness (QED) is 0.879. The minimum atomic E-state index is -0.0156. The third kappa shape index (κ3) is 2.66. The molecule has 1 aliphatic rings. The molecule has 0 aliphatic heterocycles. The summed E-state index contributed by atoms with van der Waals surface area (Å²) < 4.78 is 1.91. The van der Waals surface area contributed by atoms with Crippen molar-refractivity contribution in [2.24, 2.45) is 11.8 Å². The van der Waals surface area contributed by atoms with Crippen LogP contribution in [0.3, 0.4) is 0 Å². The lowest BCUT2D eigenvalue weighted by atomic mass is 10.1. The van der Waals surface area contributed by atoms with Gasteiger partial charge >= 0.3 is 0 Å². The van der Waals surface area contributed by atoms with E-state index in [4.69, 9.17) is 11.6 Å². The van der Waals surface area contributed by atoms with Gasteiger partial charge in [0.1, 0.15) is 5.15 Å². The predicted molar refractivity (Wildman–Crippen MR) is 69.1 cm³/mol. The number of aliphatic hydroxyl groups excluding tert-OH is 1. The second-order valence-electron chi connectivity index (χ2n) is 5.49. The molecule has 3 nitrogen and oxygen atoms in total. The van der Waals surface area contributed by atoms with Crippen molar-refractivity contribution in [3.63, 3.8) is 0 Å². The van der Waals surface area contributed by atoms with Crippen LogP contribution in [0.4, 0.5) is 0 Å². The van der Waals surface area contributed by atoms with Gasteiger partial charge in [0.25, 0.3) is 0 Å². The summed E-state index contributed by atoms with van der Waals surface area (Å²) in [7, 11) is 0. The van der Waals surface area contributed by atoms with Crippen LogP contribution in [-0.2, 0) is 13.0 Å². The Morgan fingerprint density at radius 2 is 2.06 bits per heavy atom. The molecule has 0 aromatic carbocycles. The first kappa shape index (κ1) is 12.9. The first-order valence-corrected chi connectivity index (χ1v) is 6.79. The lowest BCUT2D eigenvalue weighted by Gasteiger charge is -2.11. The topological polar surface area (TPSA) is 38.0 Å². The Balaban J connectivity index is 2.29. The van der Waals surface area contributed by atoms with Crippen molar-refractivity contribution in [1.29, 1.82) is 0 Å². The molecular formula is C13H21ClN2O. The Morgan fingerprint density at radius 1 is 1.41 bits per heavy atom. The van der Waals surface area contributed by atoms with Crippen molar-refractivity contribution >= 4 is 11.6 Å². The van der Waals surface area contributed by atoms with Crippen LogP contribution in [0.5, 0.6) is 0 Å². The molecule has 1 saturated carbocycles. The molecule has 0 amide bonds. The molecule has 1 N–H and O–H groups in total. The molecule has 17 heavy (non-hydrogen) atoms. The van der Waals surface area contributed by atoms with E-state index in [0.717, 1.165) is 17.7 Å². The van der Waals surface area contributed by atoms with Gasteiger partial charge in [-0.3, -0.25) is 4.68 Å². The van der Waals surface area contributed by atoms with Crippen molar-refractivity contribution in [3.05, 3.63) is 16.4 Å². The first-order valence-electron chi connectivity index (χ1n) is 6.41. The van der Waals surface area contributed by atoms with Gasteiger partial charge in [0.15, 0.2) is 0 Å². The summed E-state index contributed by atoms with van der Waals surface area (Å²) in [5.74, 6) is 1.24. The molecule has 0 spiro atoms. The average molecular weight is 257 g/mol. The molecule has 1 aliphatic carbocycles. The second kappa shape index (κ2) is 4.99. The summed E-state index contributed by atoms with van der Waals surface area (Å²) in [6, 6.07) is 0.355. The maximum atomic E-state index is 9.42. The van der Waals surface area contributed by atoms with Crippen LogP contribution in [0.25, 0.3) is 0 Å². The smallest absolute Gasteiger partial charge is 0.133 e. The van der Waals surface area contributed by atoms with Crippen LogP contribution in [0.15, 0.2) is 0 Å². The first-order chi connectivity index (χ1) is 8.04. The number of halogens is 1. The predicted octanol–water partition coefficient (Wildman–Crippen LogP) is 3.20. The van der Waals surface area contributed by atoms with Crippen LogP contribution < -0.4 is 0 Å². The Hall–Kier alpha value is -0.540. The lowest BCUT2D eigenvalue weighted by Crippen LogP contribution is -2.09. The van der Waals surface area contributed by atoms with Crippen LogP contribution in [0.1, 0.15) is 50.9 Å². The number of nitrogens with zero attached hydrogens (tertiary/aromatic N) is 2. The van der Waals surface area contributed by atoms with Crippen molar-refractivity contribution in [1.82, 2.24) is 9.78 Å². The largest absolute Gasteiger partial charge is 0.391 e. The molecule has 1 heterocycles. The van der Waals surface area contributed by atoms with E-state index >= 15 is 0 Å². The van der Waals surface area contributed by atoms with Crippen molar-refractivity contribution in [3.8, 4) is 0 Å². The van der Waals surface area contributed by atoms with E-state index in [2.05, 4.69) is 25.9 Å². The number of hydrogen-bond acceptors (Lipinski definition) is 2. The number of aliphatic hydroxyl groups is 1. The maximum absolute atomic E-state index is 9.42. The van der Waals surface area contributed by atoms with Gasteiger partial charge in [-0.2, -0.15) is 5.10 Å². The minimum Gasteiger partial charge on any atom is -0.391 e. The van der Waals surface area contributed by atoms with Gasteiger partial charge in [-0.1, -0.05) is 25.4 Å². The normalized spacial score (nSPS) is 17.8. The SMILES string of the molecule is CC(C)Cc1nn(C(C)C2CC2)c(Cl)c1CO. The van der Waals surface area contributed by atoms with Crippen molar-refractivity contribution < 1.29 is 5.11 Å². The highest BCUT2D eigenvalue weighted by Crippen LogP contribution is 2.41. The van der Waals surface area contributed by atoms with Crippen LogP contribution in [0.2, 0.25) is 5.15 Å². The molecule has 1 fully saturated rings. The van der Waals surface area contributed by atoms with Gasteiger partial charge in [0.05, 0.1) is 18.3 Å². The van der Waals surface area contributed by atoms with E-state index in [1.54, 1.807) is 0 Å². The van der Waals surface area contributed by atoms with Crippen LogP contribution in [0, 0.1) is 11.8 Å². The van der Waals surface area contributed by atoms with E-state index in [9.17, 15) is 5.11 Å². The molecule has 0 radical (unpaired) electrons. The summed E-state index contributed by atoms with van der Waals surface area (Å²) in [6.45, 7) is 6.45. The molecule has 96 valence electrons. The second-order valence-corrected chi connectivity index (χ2v) is 5.85. The van der Waals surface area contributed by atoms with E-state index in [1.807, 2.05) is 4.68 Å². The Labute approximate surface area is 108 Å². The van der Waals surface area contributed by atoms with E-state index in [1.165, 1.54) is 12.8 Å². The highest BCUT2D eigenvalue weighted by Gasteiger charge is 2.32. The Bertz CT molecular complexity index is 396. The molecule has 1 unspecified atom stereocenters. The number of aromatic nitrogens is 2. The zero-order chi connectivity index (χ0) is 12.6. The molecular weight excluding hydrogens is 236 g/mol. The number of rotatable bonds is 5. The average Bonchev–Trinajstić information content (AvgIpc) is 3.04. The third-order valence-electron chi connectivity index (χ3n) is 3.48. The monoisotopic (exact) mass is 256 g/mol. The van der Waals surface area contributed by atoms with E-state index < -0.39 is 0 Å². The molecule has 1 aromatic rings. The molecule has 4 heteroatoms. The molecule has 2 rings (SSSR count). The summed E-state index contributed by atoms with van der Waals surface area (Å²) in [6.07, 6.45) is 3.41. The van der Waals surface area contributed by atoms with Gasteiger partial charge in [0, 0.05) is 5.56 Å². The summed E-state index contributed by atoms with van der Waals surface area (Å²) >= 11 is 6.32. The summed E-state index contributed by atoms with van der Waals surface area (Å²) in [5.41, 5.74) is 1.77. The summed E-state index contributed by atoms with van der Waals surface area (Å²) in [5, 5.41) is 14.7. The van der Waals surface area contributed by atoms with Crippen molar-refractivity contribution in [2.75, 3.05) is 0 Å². The zero-order valence-corrected chi connectivity index (χ0v) is 11.5. The highest BCUT2D eigenvalue weighted by molar-refractivity contribution is 6.30. The molecule has 1 aromatic heterocycles. The Morgan fingerprint density at radius 3 is 2.53 bits per heavy atom. The molecule has 1 atom stereocenters. The van der Waals surface area contributed by atoms with Gasteiger partial charge < -0.3 is 5.11 Å².